The zero-order valence-electron chi connectivity index (χ0n) is 10.3. The van der Waals surface area contributed by atoms with Gasteiger partial charge in [-0.1, -0.05) is 13.8 Å². The maximum absolute atomic E-state index is 5.81. The zero-order chi connectivity index (χ0) is 10.8. The van der Waals surface area contributed by atoms with Crippen molar-refractivity contribution >= 4 is 0 Å². The summed E-state index contributed by atoms with van der Waals surface area (Å²) in [5.41, 5.74) is 0.0465. The Labute approximate surface area is 88.6 Å². The molecule has 0 aliphatic carbocycles. The first-order valence-electron chi connectivity index (χ1n) is 5.83. The molecular weight excluding hydrogens is 174 g/mol. The summed E-state index contributed by atoms with van der Waals surface area (Å²) in [6.07, 6.45) is 2.42. The fourth-order valence-electron chi connectivity index (χ4n) is 2.41. The minimum Gasteiger partial charge on any atom is -0.375 e. The molecule has 2 nitrogen and oxygen atoms in total. The van der Waals surface area contributed by atoms with Crippen LogP contribution in [0.4, 0.5) is 0 Å². The van der Waals surface area contributed by atoms with Gasteiger partial charge >= 0.3 is 0 Å². The van der Waals surface area contributed by atoms with Gasteiger partial charge in [0.2, 0.25) is 0 Å². The molecule has 1 rings (SSSR count). The lowest BCUT2D eigenvalue weighted by atomic mass is 9.81. The minimum absolute atomic E-state index is 0.0465. The topological polar surface area (TPSA) is 12.5 Å². The third kappa shape index (κ3) is 2.48. The quantitative estimate of drug-likeness (QED) is 0.692. The lowest BCUT2D eigenvalue weighted by molar-refractivity contribution is -0.120. The van der Waals surface area contributed by atoms with Crippen LogP contribution in [0.2, 0.25) is 0 Å². The van der Waals surface area contributed by atoms with Crippen LogP contribution >= 0.6 is 0 Å². The smallest absolute Gasteiger partial charge is 0.0666 e. The van der Waals surface area contributed by atoms with E-state index in [4.69, 9.17) is 4.74 Å². The normalized spacial score (nSPS) is 32.1. The van der Waals surface area contributed by atoms with Gasteiger partial charge in [-0.05, 0) is 40.3 Å². The largest absolute Gasteiger partial charge is 0.375 e. The summed E-state index contributed by atoms with van der Waals surface area (Å²) in [4.78, 5) is 2.49. The molecule has 0 aromatic carbocycles. The molecule has 2 heteroatoms. The molecule has 0 amide bonds. The molecule has 0 bridgehead atoms. The molecule has 1 fully saturated rings. The molecule has 1 heterocycles. The van der Waals surface area contributed by atoms with Crippen LogP contribution in [-0.4, -0.2) is 36.7 Å². The molecule has 0 saturated carbocycles. The van der Waals surface area contributed by atoms with Gasteiger partial charge in [-0.15, -0.1) is 0 Å². The van der Waals surface area contributed by atoms with E-state index in [2.05, 4.69) is 39.6 Å². The summed E-state index contributed by atoms with van der Waals surface area (Å²) in [6.45, 7) is 11.1. The molecule has 0 aromatic rings. The van der Waals surface area contributed by atoms with E-state index in [0.717, 1.165) is 6.61 Å². The second kappa shape index (κ2) is 4.63. The van der Waals surface area contributed by atoms with Crippen LogP contribution in [-0.2, 0) is 4.74 Å². The number of hydrogen-bond donors (Lipinski definition) is 0. The summed E-state index contributed by atoms with van der Waals surface area (Å²) in [6, 6.07) is 0.693. The average Bonchev–Trinajstić information content (AvgIpc) is 2.10. The highest BCUT2D eigenvalue weighted by Crippen LogP contribution is 2.32. The molecule has 2 unspecified atom stereocenters. The molecular formula is C12H25NO. The Hall–Kier alpha value is -0.0800. The van der Waals surface area contributed by atoms with E-state index in [1.807, 2.05) is 0 Å². The molecule has 0 spiro atoms. The van der Waals surface area contributed by atoms with E-state index in [1.165, 1.54) is 19.4 Å². The minimum atomic E-state index is 0.0465. The third-order valence-electron chi connectivity index (χ3n) is 3.70. The summed E-state index contributed by atoms with van der Waals surface area (Å²) < 4.78 is 5.81. The van der Waals surface area contributed by atoms with E-state index >= 15 is 0 Å². The second-order valence-electron chi connectivity index (χ2n) is 5.08. The Balaban J connectivity index is 2.60. The average molecular weight is 199 g/mol. The van der Waals surface area contributed by atoms with Crippen LogP contribution in [0.1, 0.15) is 40.5 Å². The summed E-state index contributed by atoms with van der Waals surface area (Å²) in [5.74, 6) is 0.618. The van der Waals surface area contributed by atoms with Crippen molar-refractivity contribution in [3.05, 3.63) is 0 Å². The Bertz CT molecular complexity index is 179. The zero-order valence-corrected chi connectivity index (χ0v) is 10.3. The van der Waals surface area contributed by atoms with Crippen molar-refractivity contribution in [2.75, 3.05) is 20.2 Å². The van der Waals surface area contributed by atoms with Crippen LogP contribution in [0, 0.1) is 5.92 Å². The first kappa shape index (κ1) is 12.0. The maximum atomic E-state index is 5.81. The maximum Gasteiger partial charge on any atom is 0.0666 e. The van der Waals surface area contributed by atoms with E-state index in [1.54, 1.807) is 0 Å². The van der Waals surface area contributed by atoms with Gasteiger partial charge in [0.15, 0.2) is 0 Å². The number of hydrogen-bond acceptors (Lipinski definition) is 2. The van der Waals surface area contributed by atoms with Crippen molar-refractivity contribution < 1.29 is 4.74 Å². The van der Waals surface area contributed by atoms with E-state index < -0.39 is 0 Å². The summed E-state index contributed by atoms with van der Waals surface area (Å²) >= 11 is 0. The highest BCUT2D eigenvalue weighted by Gasteiger charge is 2.38. The molecule has 84 valence electrons. The van der Waals surface area contributed by atoms with Crippen molar-refractivity contribution in [1.29, 1.82) is 0 Å². The predicted molar refractivity (Wildman–Crippen MR) is 60.5 cm³/mol. The van der Waals surface area contributed by atoms with Crippen LogP contribution in [0.5, 0.6) is 0 Å². The van der Waals surface area contributed by atoms with Gasteiger partial charge in [0.25, 0.3) is 0 Å². The highest BCUT2D eigenvalue weighted by molar-refractivity contribution is 4.90. The number of rotatable bonds is 3. The van der Waals surface area contributed by atoms with Crippen LogP contribution < -0.4 is 0 Å². The Morgan fingerprint density at radius 2 is 2.07 bits per heavy atom. The first-order chi connectivity index (χ1) is 6.49. The summed E-state index contributed by atoms with van der Waals surface area (Å²) in [7, 11) is 2.24. The first-order valence-corrected chi connectivity index (χ1v) is 5.83. The Kier molecular flexibility index (Phi) is 3.96. The van der Waals surface area contributed by atoms with Gasteiger partial charge in [-0.25, -0.2) is 0 Å². The molecule has 14 heavy (non-hydrogen) atoms. The number of nitrogens with zero attached hydrogens (tertiary/aromatic N) is 1. The standard InChI is InChI=1S/C12H25NO/c1-6-8-13(5)11-7-9-14-12(3,4)10(11)2/h10-11H,6-9H2,1-5H3. The fourth-order valence-corrected chi connectivity index (χ4v) is 2.41. The van der Waals surface area contributed by atoms with Crippen LogP contribution in [0.3, 0.4) is 0 Å². The van der Waals surface area contributed by atoms with Gasteiger partial charge < -0.3 is 9.64 Å². The predicted octanol–water partition coefficient (Wildman–Crippen LogP) is 2.53. The Morgan fingerprint density at radius 3 is 2.64 bits per heavy atom. The third-order valence-corrected chi connectivity index (χ3v) is 3.70. The van der Waals surface area contributed by atoms with E-state index in [9.17, 15) is 0 Å². The van der Waals surface area contributed by atoms with Crippen molar-refractivity contribution in [3.63, 3.8) is 0 Å². The van der Waals surface area contributed by atoms with Crippen molar-refractivity contribution in [2.24, 2.45) is 5.92 Å². The fraction of sp³-hybridized carbons (Fsp3) is 1.00. The van der Waals surface area contributed by atoms with Gasteiger partial charge in [-0.2, -0.15) is 0 Å². The lowest BCUT2D eigenvalue weighted by Crippen LogP contribution is -2.51. The van der Waals surface area contributed by atoms with Gasteiger partial charge in [0.05, 0.1) is 5.60 Å². The highest BCUT2D eigenvalue weighted by atomic mass is 16.5. The van der Waals surface area contributed by atoms with Gasteiger partial charge in [0, 0.05) is 18.6 Å². The van der Waals surface area contributed by atoms with Gasteiger partial charge in [-0.3, -0.25) is 0 Å². The monoisotopic (exact) mass is 199 g/mol. The summed E-state index contributed by atoms with van der Waals surface area (Å²) in [5, 5.41) is 0. The molecule has 2 atom stereocenters. The van der Waals surface area contributed by atoms with Crippen LogP contribution in [0.15, 0.2) is 0 Å². The molecule has 0 radical (unpaired) electrons. The number of ether oxygens (including phenoxy) is 1. The van der Waals surface area contributed by atoms with Crippen LogP contribution in [0.25, 0.3) is 0 Å². The van der Waals surface area contributed by atoms with Crippen molar-refractivity contribution in [3.8, 4) is 0 Å². The van der Waals surface area contributed by atoms with Crippen molar-refractivity contribution in [2.45, 2.75) is 52.2 Å². The molecule has 1 aliphatic rings. The van der Waals surface area contributed by atoms with Gasteiger partial charge in [0.1, 0.15) is 0 Å². The molecule has 1 aliphatic heterocycles. The second-order valence-corrected chi connectivity index (χ2v) is 5.08. The molecule has 1 saturated heterocycles. The Morgan fingerprint density at radius 1 is 1.43 bits per heavy atom. The SMILES string of the molecule is CCCN(C)C1CCOC(C)(C)C1C. The van der Waals surface area contributed by atoms with E-state index in [0.29, 0.717) is 12.0 Å². The lowest BCUT2D eigenvalue weighted by Gasteiger charge is -2.45. The van der Waals surface area contributed by atoms with E-state index in [-0.39, 0.29) is 5.60 Å². The molecule has 0 aromatic heterocycles. The molecule has 0 N–H and O–H groups in total. The van der Waals surface area contributed by atoms with Crippen molar-refractivity contribution in [1.82, 2.24) is 4.90 Å².